The number of amides is 1. The van der Waals surface area contributed by atoms with Gasteiger partial charge in [0, 0.05) is 38.4 Å². The van der Waals surface area contributed by atoms with Gasteiger partial charge in [0.05, 0.1) is 84.5 Å². The molecule has 1 unspecified atom stereocenters. The van der Waals surface area contributed by atoms with E-state index in [1.165, 1.54) is 14.2 Å². The molecular formula is C39H53N5O10. The van der Waals surface area contributed by atoms with E-state index in [1.807, 2.05) is 24.3 Å². The number of carbonyl (C=O) groups excluding carboxylic acids is 3. The van der Waals surface area contributed by atoms with Crippen LogP contribution in [0.4, 0.5) is 10.5 Å². The van der Waals surface area contributed by atoms with Crippen LogP contribution in [0.15, 0.2) is 60.7 Å². The van der Waals surface area contributed by atoms with E-state index in [9.17, 15) is 14.4 Å². The zero-order chi connectivity index (χ0) is 38.8. The lowest BCUT2D eigenvalue weighted by Crippen LogP contribution is -2.36. The summed E-state index contributed by atoms with van der Waals surface area (Å²) in [5.41, 5.74) is 2.65. The molecule has 4 rings (SSSR count). The molecule has 1 fully saturated rings. The summed E-state index contributed by atoms with van der Waals surface area (Å²) in [7, 11) is 2.66. The molecule has 1 aromatic carbocycles. The first-order chi connectivity index (χ1) is 26.1. The molecule has 54 heavy (non-hydrogen) atoms. The number of pyridine rings is 2. The second kappa shape index (κ2) is 22.0. The first-order valence-corrected chi connectivity index (χ1v) is 18.0. The number of ether oxygens (including phenoxy) is 7. The molecule has 1 saturated heterocycles. The molecule has 1 N–H and O–H groups in total. The van der Waals surface area contributed by atoms with Crippen molar-refractivity contribution >= 4 is 23.7 Å². The number of hydrogen-bond acceptors (Lipinski definition) is 14. The molecule has 3 aromatic rings. The van der Waals surface area contributed by atoms with E-state index >= 15 is 0 Å². The number of benzene rings is 1. The Bertz CT molecular complexity index is 1600. The zero-order valence-corrected chi connectivity index (χ0v) is 31.9. The first kappa shape index (κ1) is 42.2. The highest BCUT2D eigenvalue weighted by Gasteiger charge is 2.25. The van der Waals surface area contributed by atoms with E-state index < -0.39 is 29.7 Å². The van der Waals surface area contributed by atoms with E-state index in [0.717, 1.165) is 11.3 Å². The summed E-state index contributed by atoms with van der Waals surface area (Å²) in [5.74, 6) is -1.01. The molecule has 0 radical (unpaired) electrons. The van der Waals surface area contributed by atoms with Crippen molar-refractivity contribution in [2.45, 2.75) is 39.0 Å². The average molecular weight is 752 g/mol. The minimum Gasteiger partial charge on any atom is -0.464 e. The van der Waals surface area contributed by atoms with Crippen molar-refractivity contribution in [3.63, 3.8) is 0 Å². The molecule has 294 valence electrons. The highest BCUT2D eigenvalue weighted by molar-refractivity contribution is 5.87. The number of carbonyl (C=O) groups is 3. The lowest BCUT2D eigenvalue weighted by Gasteiger charge is -2.32. The number of rotatable bonds is 8. The van der Waals surface area contributed by atoms with Crippen molar-refractivity contribution in [3.05, 3.63) is 89.0 Å². The molecular weight excluding hydrogens is 698 g/mol. The molecule has 1 atom stereocenters. The molecule has 3 heterocycles. The Kier molecular flexibility index (Phi) is 17.2. The largest absolute Gasteiger partial charge is 0.464 e. The van der Waals surface area contributed by atoms with Gasteiger partial charge in [-0.15, -0.1) is 0 Å². The number of hydrogen-bond donors (Lipinski definition) is 1. The molecule has 2 aromatic heterocycles. The first-order valence-electron chi connectivity index (χ1n) is 18.0. The third-order valence-electron chi connectivity index (χ3n) is 8.16. The minimum atomic E-state index is -0.634. The van der Waals surface area contributed by atoms with Gasteiger partial charge in [-0.05, 0) is 62.7 Å². The normalized spacial score (nSPS) is 17.0. The Morgan fingerprint density at radius 2 is 1.22 bits per heavy atom. The van der Waals surface area contributed by atoms with Gasteiger partial charge in [0.25, 0.3) is 0 Å². The Balaban J connectivity index is 1.45. The Labute approximate surface area is 317 Å². The fraction of sp³-hybridized carbons (Fsp3) is 0.513. The second-order valence-corrected chi connectivity index (χ2v) is 13.4. The average Bonchev–Trinajstić information content (AvgIpc) is 3.15. The van der Waals surface area contributed by atoms with Gasteiger partial charge in [-0.3, -0.25) is 15.1 Å². The number of anilines is 1. The van der Waals surface area contributed by atoms with Crippen LogP contribution in [0.2, 0.25) is 0 Å². The third-order valence-corrected chi connectivity index (χ3v) is 8.16. The van der Waals surface area contributed by atoms with Gasteiger partial charge in [0.2, 0.25) is 0 Å². The van der Waals surface area contributed by atoms with Crippen LogP contribution >= 0.6 is 0 Å². The predicted molar refractivity (Wildman–Crippen MR) is 199 cm³/mol. The lowest BCUT2D eigenvalue weighted by atomic mass is 10.00. The Morgan fingerprint density at radius 3 is 1.76 bits per heavy atom. The number of aromatic nitrogens is 2. The van der Waals surface area contributed by atoms with Crippen LogP contribution in [0.5, 0.6) is 0 Å². The molecule has 15 nitrogen and oxygen atoms in total. The van der Waals surface area contributed by atoms with Crippen LogP contribution < -0.4 is 5.32 Å². The van der Waals surface area contributed by atoms with Crippen molar-refractivity contribution in [2.75, 3.05) is 98.6 Å². The zero-order valence-electron chi connectivity index (χ0n) is 31.9. The van der Waals surface area contributed by atoms with E-state index in [4.69, 9.17) is 38.1 Å². The molecule has 0 spiro atoms. The van der Waals surface area contributed by atoms with Crippen molar-refractivity contribution in [1.29, 1.82) is 0 Å². The summed E-state index contributed by atoms with van der Waals surface area (Å²) in [4.78, 5) is 50.4. The SMILES string of the molecule is COC(=O)c1cccc(CN2CCOCCOCCN(C(c3ccc(NC(=O)OC(C)(C)C)cc3)c3cccc(C(=O)OC)n3)CCOCCOCC2)n1. The maximum Gasteiger partial charge on any atom is 0.412 e. The van der Waals surface area contributed by atoms with E-state index in [0.29, 0.717) is 97.0 Å². The number of esters is 2. The topological polar surface area (TPSA) is 160 Å². The highest BCUT2D eigenvalue weighted by atomic mass is 16.6. The minimum absolute atomic E-state index is 0.191. The number of nitrogens with one attached hydrogen (secondary N) is 1. The number of methoxy groups -OCH3 is 2. The maximum absolute atomic E-state index is 12.5. The fourth-order valence-electron chi connectivity index (χ4n) is 5.61. The molecule has 0 saturated carbocycles. The molecule has 15 heteroatoms. The Morgan fingerprint density at radius 1 is 0.704 bits per heavy atom. The molecule has 0 bridgehead atoms. The third kappa shape index (κ3) is 14.4. The van der Waals surface area contributed by atoms with Gasteiger partial charge < -0.3 is 33.2 Å². The van der Waals surface area contributed by atoms with E-state index in [-0.39, 0.29) is 11.4 Å². The molecule has 1 aliphatic heterocycles. The van der Waals surface area contributed by atoms with Crippen LogP contribution in [0, 0.1) is 0 Å². The van der Waals surface area contributed by atoms with Crippen LogP contribution in [0.25, 0.3) is 0 Å². The van der Waals surface area contributed by atoms with Crippen LogP contribution in [-0.2, 0) is 39.7 Å². The Hall–Kier alpha value is -4.51. The van der Waals surface area contributed by atoms with Gasteiger partial charge in [-0.2, -0.15) is 0 Å². The van der Waals surface area contributed by atoms with E-state index in [2.05, 4.69) is 20.1 Å². The van der Waals surface area contributed by atoms with Crippen LogP contribution in [0.1, 0.15) is 64.7 Å². The summed E-state index contributed by atoms with van der Waals surface area (Å²) in [5, 5.41) is 2.78. The van der Waals surface area contributed by atoms with Crippen molar-refractivity contribution in [3.8, 4) is 0 Å². The van der Waals surface area contributed by atoms with Crippen molar-refractivity contribution in [1.82, 2.24) is 19.8 Å². The molecule has 1 aliphatic rings. The highest BCUT2D eigenvalue weighted by Crippen LogP contribution is 2.29. The summed E-state index contributed by atoms with van der Waals surface area (Å²) in [6, 6.07) is 17.6. The molecule has 0 aliphatic carbocycles. The van der Waals surface area contributed by atoms with Crippen molar-refractivity contribution < 1.29 is 47.5 Å². The molecule has 1 amide bonds. The fourth-order valence-corrected chi connectivity index (χ4v) is 5.61. The smallest absolute Gasteiger partial charge is 0.412 e. The van der Waals surface area contributed by atoms with Gasteiger partial charge >= 0.3 is 18.0 Å². The van der Waals surface area contributed by atoms with Gasteiger partial charge in [-0.1, -0.05) is 24.3 Å². The predicted octanol–water partition coefficient (Wildman–Crippen LogP) is 4.37. The second-order valence-electron chi connectivity index (χ2n) is 13.4. The maximum atomic E-state index is 12.5. The monoisotopic (exact) mass is 751 g/mol. The summed E-state index contributed by atoms with van der Waals surface area (Å²) in [6.07, 6.45) is -0.550. The van der Waals surface area contributed by atoms with Gasteiger partial charge in [0.15, 0.2) is 0 Å². The van der Waals surface area contributed by atoms with E-state index in [1.54, 1.807) is 57.2 Å². The summed E-state index contributed by atoms with van der Waals surface area (Å²) in [6.45, 7) is 11.5. The van der Waals surface area contributed by atoms with Crippen LogP contribution in [0.3, 0.4) is 0 Å². The van der Waals surface area contributed by atoms with Crippen molar-refractivity contribution in [2.24, 2.45) is 0 Å². The van der Waals surface area contributed by atoms with Crippen LogP contribution in [-0.4, -0.2) is 137 Å². The lowest BCUT2D eigenvalue weighted by molar-refractivity contribution is 0.00330. The quantitative estimate of drug-likeness (QED) is 0.255. The summed E-state index contributed by atoms with van der Waals surface area (Å²) < 4.78 is 39.1. The summed E-state index contributed by atoms with van der Waals surface area (Å²) >= 11 is 0. The van der Waals surface area contributed by atoms with Gasteiger partial charge in [-0.25, -0.2) is 24.4 Å². The number of nitrogens with zero attached hydrogens (tertiary/aromatic N) is 4. The standard InChI is InChI=1S/C39H53N5O10/c1-39(2,3)54-38(47)41-30-14-12-29(13-15-30)35(32-9-7-11-34(42-32)37(46)49-5)44-18-22-52-26-24-50-20-16-43(17-21-51-25-27-53-23-19-44)28-31-8-6-10-33(40-31)36(45)48-4/h6-15,35H,16-28H2,1-5H3,(H,41,47). The van der Waals surface area contributed by atoms with Gasteiger partial charge in [0.1, 0.15) is 17.0 Å².